The molecule has 0 saturated carbocycles. The van der Waals surface area contributed by atoms with Crippen LogP contribution in [0.3, 0.4) is 0 Å². The van der Waals surface area contributed by atoms with Crippen molar-refractivity contribution in [2.24, 2.45) is 0 Å². The van der Waals surface area contributed by atoms with Crippen LogP contribution in [-0.4, -0.2) is 23.6 Å². The van der Waals surface area contributed by atoms with Gasteiger partial charge < -0.3 is 10.2 Å². The number of hydrogen-bond donors (Lipinski definition) is 1. The molecular formula is C22H26N4. The first-order valence-corrected chi connectivity index (χ1v) is 9.19. The molecule has 1 heterocycles. The Morgan fingerprint density at radius 2 is 1.62 bits per heavy atom. The molecule has 134 valence electrons. The summed E-state index contributed by atoms with van der Waals surface area (Å²) in [6.07, 6.45) is 2.28. The van der Waals surface area contributed by atoms with Crippen molar-refractivity contribution in [1.29, 1.82) is 0 Å². The van der Waals surface area contributed by atoms with Gasteiger partial charge in [0.1, 0.15) is 5.82 Å². The van der Waals surface area contributed by atoms with E-state index in [1.807, 2.05) is 30.3 Å². The predicted octanol–water partition coefficient (Wildman–Crippen LogP) is 4.99. The van der Waals surface area contributed by atoms with Crippen LogP contribution < -0.4 is 10.2 Å². The fraction of sp³-hybridized carbons (Fsp3) is 0.273. The molecule has 0 amide bonds. The Balaban J connectivity index is 1.87. The van der Waals surface area contributed by atoms with Crippen LogP contribution in [-0.2, 0) is 6.54 Å². The van der Waals surface area contributed by atoms with Crippen molar-refractivity contribution in [3.05, 3.63) is 72.3 Å². The largest absolute Gasteiger partial charge is 0.366 e. The Bertz CT molecular complexity index is 803. The molecule has 0 aliphatic carbocycles. The van der Waals surface area contributed by atoms with E-state index in [9.17, 15) is 0 Å². The monoisotopic (exact) mass is 346 g/mol. The van der Waals surface area contributed by atoms with Gasteiger partial charge in [-0.1, -0.05) is 74.0 Å². The lowest BCUT2D eigenvalue weighted by atomic mass is 10.1. The second-order valence-electron chi connectivity index (χ2n) is 6.42. The number of rotatable bonds is 8. The lowest BCUT2D eigenvalue weighted by molar-refractivity contribution is 0.750. The van der Waals surface area contributed by atoms with Crippen molar-refractivity contribution in [2.75, 3.05) is 23.8 Å². The molecule has 0 fully saturated rings. The van der Waals surface area contributed by atoms with E-state index >= 15 is 0 Å². The number of nitrogens with zero attached hydrogens (tertiary/aromatic N) is 3. The molecule has 3 aromatic rings. The molecule has 26 heavy (non-hydrogen) atoms. The summed E-state index contributed by atoms with van der Waals surface area (Å²) < 4.78 is 0. The average molecular weight is 346 g/mol. The highest BCUT2D eigenvalue weighted by Gasteiger charge is 2.10. The molecule has 0 bridgehead atoms. The normalized spacial score (nSPS) is 10.5. The van der Waals surface area contributed by atoms with E-state index in [2.05, 4.69) is 60.6 Å². The summed E-state index contributed by atoms with van der Waals surface area (Å²) in [6.45, 7) is 3.89. The van der Waals surface area contributed by atoms with Crippen LogP contribution in [0.1, 0.15) is 25.3 Å². The molecule has 4 heteroatoms. The van der Waals surface area contributed by atoms with Crippen LogP contribution in [0.2, 0.25) is 0 Å². The Hall–Kier alpha value is -2.88. The zero-order valence-corrected chi connectivity index (χ0v) is 15.5. The van der Waals surface area contributed by atoms with E-state index in [0.717, 1.165) is 49.0 Å². The Labute approximate surface area is 155 Å². The van der Waals surface area contributed by atoms with E-state index in [1.165, 1.54) is 5.56 Å². The molecule has 3 rings (SSSR count). The van der Waals surface area contributed by atoms with E-state index in [0.29, 0.717) is 0 Å². The molecule has 0 aliphatic rings. The first kappa shape index (κ1) is 17.9. The highest BCUT2D eigenvalue weighted by atomic mass is 15.2. The second kappa shape index (κ2) is 8.99. The number of nitrogens with one attached hydrogen (secondary N) is 1. The van der Waals surface area contributed by atoms with Gasteiger partial charge in [0.05, 0.1) is 5.69 Å². The minimum Gasteiger partial charge on any atom is -0.366 e. The first-order chi connectivity index (χ1) is 12.8. The van der Waals surface area contributed by atoms with Gasteiger partial charge in [0.2, 0.25) is 5.95 Å². The van der Waals surface area contributed by atoms with Crippen LogP contribution >= 0.6 is 0 Å². The van der Waals surface area contributed by atoms with Crippen LogP contribution in [0.25, 0.3) is 11.3 Å². The quantitative estimate of drug-likeness (QED) is 0.624. The van der Waals surface area contributed by atoms with Crippen LogP contribution in [0.4, 0.5) is 11.8 Å². The number of unbranched alkanes of at least 4 members (excludes halogenated alkanes) is 1. The molecule has 0 radical (unpaired) electrons. The van der Waals surface area contributed by atoms with E-state index in [4.69, 9.17) is 9.97 Å². The summed E-state index contributed by atoms with van der Waals surface area (Å²) in [7, 11) is 2.06. The summed E-state index contributed by atoms with van der Waals surface area (Å²) in [5.41, 5.74) is 3.27. The molecule has 1 aromatic heterocycles. The number of benzene rings is 2. The number of anilines is 2. The fourth-order valence-electron chi connectivity index (χ4n) is 2.74. The summed E-state index contributed by atoms with van der Waals surface area (Å²) in [4.78, 5) is 11.6. The van der Waals surface area contributed by atoms with Crippen molar-refractivity contribution < 1.29 is 0 Å². The summed E-state index contributed by atoms with van der Waals surface area (Å²) in [5, 5.41) is 3.44. The molecule has 0 spiro atoms. The van der Waals surface area contributed by atoms with Gasteiger partial charge in [0, 0.05) is 31.8 Å². The fourth-order valence-corrected chi connectivity index (χ4v) is 2.74. The Morgan fingerprint density at radius 1 is 0.923 bits per heavy atom. The molecule has 0 unspecified atom stereocenters. The van der Waals surface area contributed by atoms with Crippen LogP contribution in [0.5, 0.6) is 0 Å². The smallest absolute Gasteiger partial charge is 0.227 e. The third-order valence-corrected chi connectivity index (χ3v) is 4.29. The summed E-state index contributed by atoms with van der Waals surface area (Å²) in [6, 6.07) is 22.6. The Morgan fingerprint density at radius 3 is 2.31 bits per heavy atom. The number of hydrogen-bond acceptors (Lipinski definition) is 4. The van der Waals surface area contributed by atoms with E-state index < -0.39 is 0 Å². The van der Waals surface area contributed by atoms with Crippen LogP contribution in [0.15, 0.2) is 66.7 Å². The van der Waals surface area contributed by atoms with E-state index in [1.54, 1.807) is 0 Å². The highest BCUT2D eigenvalue weighted by Crippen LogP contribution is 2.23. The molecule has 0 saturated heterocycles. The van der Waals surface area contributed by atoms with Gasteiger partial charge in [-0.25, -0.2) is 4.98 Å². The molecule has 0 atom stereocenters. The lowest BCUT2D eigenvalue weighted by Gasteiger charge is -2.19. The maximum Gasteiger partial charge on any atom is 0.227 e. The molecule has 1 N–H and O–H groups in total. The van der Waals surface area contributed by atoms with Gasteiger partial charge in [-0.3, -0.25) is 0 Å². The van der Waals surface area contributed by atoms with Crippen molar-refractivity contribution in [2.45, 2.75) is 26.3 Å². The number of aromatic nitrogens is 2. The predicted molar refractivity (Wildman–Crippen MR) is 109 cm³/mol. The molecule has 0 aliphatic heterocycles. The molecule has 2 aromatic carbocycles. The molecule has 4 nitrogen and oxygen atoms in total. The maximum atomic E-state index is 4.79. The zero-order valence-electron chi connectivity index (χ0n) is 15.5. The second-order valence-corrected chi connectivity index (χ2v) is 6.42. The van der Waals surface area contributed by atoms with Crippen molar-refractivity contribution in [1.82, 2.24) is 9.97 Å². The Kier molecular flexibility index (Phi) is 6.20. The lowest BCUT2D eigenvalue weighted by Crippen LogP contribution is -2.21. The van der Waals surface area contributed by atoms with Gasteiger partial charge in [0.25, 0.3) is 0 Å². The summed E-state index contributed by atoms with van der Waals surface area (Å²) >= 11 is 0. The van der Waals surface area contributed by atoms with Crippen molar-refractivity contribution in [3.63, 3.8) is 0 Å². The first-order valence-electron chi connectivity index (χ1n) is 9.19. The minimum atomic E-state index is 0.740. The minimum absolute atomic E-state index is 0.740. The topological polar surface area (TPSA) is 41.1 Å². The third-order valence-electron chi connectivity index (χ3n) is 4.29. The van der Waals surface area contributed by atoms with Crippen molar-refractivity contribution >= 4 is 11.8 Å². The highest BCUT2D eigenvalue weighted by molar-refractivity contribution is 5.64. The van der Waals surface area contributed by atoms with Gasteiger partial charge in [-0.05, 0) is 12.0 Å². The van der Waals surface area contributed by atoms with Gasteiger partial charge in [-0.2, -0.15) is 4.98 Å². The summed E-state index contributed by atoms with van der Waals surface area (Å²) in [5.74, 6) is 1.61. The van der Waals surface area contributed by atoms with E-state index in [-0.39, 0.29) is 0 Å². The maximum absolute atomic E-state index is 4.79. The van der Waals surface area contributed by atoms with Gasteiger partial charge in [0.15, 0.2) is 0 Å². The van der Waals surface area contributed by atoms with Gasteiger partial charge in [-0.15, -0.1) is 0 Å². The third kappa shape index (κ3) is 4.82. The average Bonchev–Trinajstić information content (AvgIpc) is 2.71. The van der Waals surface area contributed by atoms with Gasteiger partial charge >= 0.3 is 0 Å². The molecular weight excluding hydrogens is 320 g/mol. The SMILES string of the molecule is CCCCN(C)c1nc(NCc2ccccc2)cc(-c2ccccc2)n1. The zero-order chi connectivity index (χ0) is 18.2. The standard InChI is InChI=1S/C22H26N4/c1-3-4-15-26(2)22-24-20(19-13-9-6-10-14-19)16-21(25-22)23-17-18-11-7-5-8-12-18/h5-14,16H,3-4,15,17H2,1-2H3,(H,23,24,25). The van der Waals surface area contributed by atoms with Crippen molar-refractivity contribution in [3.8, 4) is 11.3 Å². The van der Waals surface area contributed by atoms with Crippen LogP contribution in [0, 0.1) is 0 Å².